The maximum Gasteiger partial charge on any atom is 0.270 e. The third-order valence-electron chi connectivity index (χ3n) is 3.08. The first-order valence-electron chi connectivity index (χ1n) is 6.70. The van der Waals surface area contributed by atoms with E-state index in [1.165, 1.54) is 23.5 Å². The van der Waals surface area contributed by atoms with Crippen LogP contribution in [0.5, 0.6) is 0 Å². The van der Waals surface area contributed by atoms with Crippen molar-refractivity contribution in [2.24, 2.45) is 11.7 Å². The van der Waals surface area contributed by atoms with Gasteiger partial charge >= 0.3 is 0 Å². The average molecular weight is 320 g/mol. The monoisotopic (exact) mass is 320 g/mol. The fourth-order valence-electron chi connectivity index (χ4n) is 1.68. The van der Waals surface area contributed by atoms with Crippen LogP contribution in [0.15, 0.2) is 29.6 Å². The molecule has 0 aliphatic carbocycles. The Kier molecular flexibility index (Phi) is 5.18. The van der Waals surface area contributed by atoms with Gasteiger partial charge in [0.05, 0.1) is 4.92 Å². The first-order valence-corrected chi connectivity index (χ1v) is 7.58. The van der Waals surface area contributed by atoms with Crippen molar-refractivity contribution in [3.05, 3.63) is 45.5 Å². The molecule has 0 saturated heterocycles. The molecule has 2 rings (SSSR count). The highest BCUT2D eigenvalue weighted by atomic mass is 32.1. The van der Waals surface area contributed by atoms with E-state index in [1.54, 1.807) is 17.5 Å². The van der Waals surface area contributed by atoms with Gasteiger partial charge in [-0.05, 0) is 24.6 Å². The summed E-state index contributed by atoms with van der Waals surface area (Å²) in [5, 5.41) is 15.7. The minimum atomic E-state index is -0.455. The van der Waals surface area contributed by atoms with E-state index in [2.05, 4.69) is 10.3 Å². The van der Waals surface area contributed by atoms with Gasteiger partial charge in [0.2, 0.25) is 0 Å². The normalized spacial score (nSPS) is 11.9. The number of carbonyl (C=O) groups is 1. The summed E-state index contributed by atoms with van der Waals surface area (Å²) in [5.74, 6) is -0.0403. The van der Waals surface area contributed by atoms with Crippen LogP contribution in [0.1, 0.15) is 17.4 Å². The molecule has 0 fully saturated rings. The molecule has 3 N–H and O–H groups in total. The average Bonchev–Trinajstić information content (AvgIpc) is 3.02. The van der Waals surface area contributed by atoms with Gasteiger partial charge in [0, 0.05) is 29.6 Å². The SMILES string of the molecule is CC(CN)CNC(=O)c1csc(-c2ccc([N+](=O)[O-])cc2)n1. The van der Waals surface area contributed by atoms with Crippen LogP contribution in [0.25, 0.3) is 10.6 Å². The van der Waals surface area contributed by atoms with Crippen molar-refractivity contribution in [1.82, 2.24) is 10.3 Å². The lowest BCUT2D eigenvalue weighted by Crippen LogP contribution is -2.31. The van der Waals surface area contributed by atoms with Crippen LogP contribution in [-0.2, 0) is 0 Å². The van der Waals surface area contributed by atoms with Gasteiger partial charge in [0.15, 0.2) is 0 Å². The third kappa shape index (κ3) is 3.86. The van der Waals surface area contributed by atoms with Gasteiger partial charge in [0.1, 0.15) is 10.7 Å². The van der Waals surface area contributed by atoms with Crippen molar-refractivity contribution >= 4 is 22.9 Å². The van der Waals surface area contributed by atoms with Crippen molar-refractivity contribution in [3.63, 3.8) is 0 Å². The van der Waals surface area contributed by atoms with E-state index in [-0.39, 0.29) is 17.5 Å². The van der Waals surface area contributed by atoms with Crippen LogP contribution in [0.2, 0.25) is 0 Å². The van der Waals surface area contributed by atoms with Crippen LogP contribution in [0.4, 0.5) is 5.69 Å². The Hall–Kier alpha value is -2.32. The molecule has 7 nitrogen and oxygen atoms in total. The highest BCUT2D eigenvalue weighted by Crippen LogP contribution is 2.25. The smallest absolute Gasteiger partial charge is 0.270 e. The van der Waals surface area contributed by atoms with Gasteiger partial charge in [-0.2, -0.15) is 0 Å². The van der Waals surface area contributed by atoms with Crippen LogP contribution < -0.4 is 11.1 Å². The van der Waals surface area contributed by atoms with Crippen LogP contribution >= 0.6 is 11.3 Å². The Labute approximate surface area is 131 Å². The quantitative estimate of drug-likeness (QED) is 0.625. The van der Waals surface area contributed by atoms with Crippen molar-refractivity contribution in [2.45, 2.75) is 6.92 Å². The summed E-state index contributed by atoms with van der Waals surface area (Å²) in [5.41, 5.74) is 6.60. The van der Waals surface area contributed by atoms with Crippen molar-refractivity contribution in [2.75, 3.05) is 13.1 Å². The molecule has 22 heavy (non-hydrogen) atoms. The summed E-state index contributed by atoms with van der Waals surface area (Å²) >= 11 is 1.32. The van der Waals surface area contributed by atoms with Crippen molar-refractivity contribution in [1.29, 1.82) is 0 Å². The van der Waals surface area contributed by atoms with Crippen LogP contribution in [0.3, 0.4) is 0 Å². The highest BCUT2D eigenvalue weighted by molar-refractivity contribution is 7.13. The predicted octanol–water partition coefficient (Wildman–Crippen LogP) is 2.04. The van der Waals surface area contributed by atoms with Gasteiger partial charge < -0.3 is 11.1 Å². The van der Waals surface area contributed by atoms with E-state index in [9.17, 15) is 14.9 Å². The molecular weight excluding hydrogens is 304 g/mol. The molecule has 0 saturated carbocycles. The molecule has 0 aliphatic rings. The summed E-state index contributed by atoms with van der Waals surface area (Å²) in [6.07, 6.45) is 0. The highest BCUT2D eigenvalue weighted by Gasteiger charge is 2.13. The lowest BCUT2D eigenvalue weighted by molar-refractivity contribution is -0.384. The number of non-ortho nitro benzene ring substituents is 1. The molecule has 0 radical (unpaired) electrons. The molecule has 2 aromatic rings. The summed E-state index contributed by atoms with van der Waals surface area (Å²) in [4.78, 5) is 26.4. The number of aromatic nitrogens is 1. The van der Waals surface area contributed by atoms with E-state index in [1.807, 2.05) is 6.92 Å². The van der Waals surface area contributed by atoms with E-state index in [0.717, 1.165) is 5.56 Å². The number of carbonyl (C=O) groups excluding carboxylic acids is 1. The van der Waals surface area contributed by atoms with Gasteiger partial charge in [0.25, 0.3) is 11.6 Å². The van der Waals surface area contributed by atoms with Gasteiger partial charge in [-0.25, -0.2) is 4.98 Å². The van der Waals surface area contributed by atoms with E-state index in [4.69, 9.17) is 5.73 Å². The Morgan fingerprint density at radius 3 is 2.73 bits per heavy atom. The first-order chi connectivity index (χ1) is 10.5. The maximum atomic E-state index is 12.0. The number of rotatable bonds is 6. The Bertz CT molecular complexity index is 669. The second kappa shape index (κ2) is 7.10. The first kappa shape index (κ1) is 16.1. The number of amides is 1. The summed E-state index contributed by atoms with van der Waals surface area (Å²) in [7, 11) is 0. The maximum absolute atomic E-state index is 12.0. The number of nitrogens with one attached hydrogen (secondary N) is 1. The van der Waals surface area contributed by atoms with Crippen LogP contribution in [0, 0.1) is 16.0 Å². The van der Waals surface area contributed by atoms with Crippen molar-refractivity contribution < 1.29 is 9.72 Å². The fraction of sp³-hybridized carbons (Fsp3) is 0.286. The predicted molar refractivity (Wildman–Crippen MR) is 84.8 cm³/mol. The number of nitro groups is 1. The minimum Gasteiger partial charge on any atom is -0.350 e. The number of thiazole rings is 1. The molecule has 8 heteroatoms. The number of hydrogen-bond acceptors (Lipinski definition) is 6. The Balaban J connectivity index is 2.07. The summed E-state index contributed by atoms with van der Waals surface area (Å²) in [6, 6.07) is 6.07. The molecular formula is C14H16N4O3S. The number of benzene rings is 1. The standard InChI is InChI=1S/C14H16N4O3S/c1-9(6-15)7-16-13(19)12-8-22-14(17-12)10-2-4-11(5-3-10)18(20)21/h2-5,8-9H,6-7,15H2,1H3,(H,16,19). The second-order valence-electron chi connectivity index (χ2n) is 4.89. The van der Waals surface area contributed by atoms with E-state index in [0.29, 0.717) is 23.8 Å². The molecule has 1 atom stereocenters. The molecule has 1 unspecified atom stereocenters. The molecule has 1 aromatic heterocycles. The largest absolute Gasteiger partial charge is 0.350 e. The second-order valence-corrected chi connectivity index (χ2v) is 5.75. The summed E-state index contributed by atoms with van der Waals surface area (Å²) in [6.45, 7) is 2.95. The zero-order valence-electron chi connectivity index (χ0n) is 12.0. The van der Waals surface area contributed by atoms with Gasteiger partial charge in [-0.15, -0.1) is 11.3 Å². The van der Waals surface area contributed by atoms with Gasteiger partial charge in [-0.3, -0.25) is 14.9 Å². The van der Waals surface area contributed by atoms with E-state index < -0.39 is 4.92 Å². The van der Waals surface area contributed by atoms with Gasteiger partial charge in [-0.1, -0.05) is 6.92 Å². The number of nitrogens with two attached hydrogens (primary N) is 1. The lowest BCUT2D eigenvalue weighted by atomic mass is 10.2. The number of hydrogen-bond donors (Lipinski definition) is 2. The zero-order valence-corrected chi connectivity index (χ0v) is 12.8. The molecule has 1 amide bonds. The fourth-order valence-corrected chi connectivity index (χ4v) is 2.48. The molecule has 1 aromatic carbocycles. The Morgan fingerprint density at radius 2 is 2.14 bits per heavy atom. The minimum absolute atomic E-state index is 0.0223. The lowest BCUT2D eigenvalue weighted by Gasteiger charge is -2.08. The topological polar surface area (TPSA) is 111 Å². The number of nitrogens with zero attached hydrogens (tertiary/aromatic N) is 2. The molecule has 0 aliphatic heterocycles. The van der Waals surface area contributed by atoms with E-state index >= 15 is 0 Å². The molecule has 0 bridgehead atoms. The Morgan fingerprint density at radius 1 is 1.45 bits per heavy atom. The zero-order chi connectivity index (χ0) is 16.1. The third-order valence-corrected chi connectivity index (χ3v) is 3.97. The summed E-state index contributed by atoms with van der Waals surface area (Å²) < 4.78 is 0. The molecule has 116 valence electrons. The molecule has 0 spiro atoms. The van der Waals surface area contributed by atoms with Crippen LogP contribution in [-0.4, -0.2) is 28.9 Å². The number of nitro benzene ring substituents is 1. The molecule has 1 heterocycles. The van der Waals surface area contributed by atoms with Crippen molar-refractivity contribution in [3.8, 4) is 10.6 Å².